The van der Waals surface area contributed by atoms with E-state index in [1.54, 1.807) is 63.2 Å². The first kappa shape index (κ1) is 27.8. The highest BCUT2D eigenvalue weighted by Crippen LogP contribution is 2.31. The van der Waals surface area contributed by atoms with Crippen LogP contribution >= 0.6 is 23.2 Å². The minimum absolute atomic E-state index is 0.0830. The van der Waals surface area contributed by atoms with Crippen molar-refractivity contribution in [2.75, 3.05) is 30.3 Å². The van der Waals surface area contributed by atoms with Gasteiger partial charge >= 0.3 is 0 Å². The van der Waals surface area contributed by atoms with Gasteiger partial charge in [0.25, 0.3) is 0 Å². The number of nitrogens with zero attached hydrogens (tertiary/aromatic N) is 2. The van der Waals surface area contributed by atoms with Gasteiger partial charge in [-0.1, -0.05) is 41.4 Å². The van der Waals surface area contributed by atoms with Crippen molar-refractivity contribution in [2.24, 2.45) is 0 Å². The minimum atomic E-state index is -3.88. The number of nitrogens with one attached hydrogen (secondary N) is 1. The SMILES string of the molecule is CCNC(=O)[C@@H](C)N(Cc1c(Cl)cccc1Cl)C(=O)CN(c1ccccc1OCC)S(C)(=O)=O. The number of hydrogen-bond acceptors (Lipinski definition) is 5. The molecule has 0 aliphatic carbocycles. The number of carbonyl (C=O) groups excluding carboxylic acids is 2. The molecule has 1 atom stereocenters. The molecule has 0 aliphatic heterocycles. The smallest absolute Gasteiger partial charge is 0.244 e. The van der Waals surface area contributed by atoms with Gasteiger partial charge < -0.3 is 15.0 Å². The Morgan fingerprint density at radius 3 is 2.24 bits per heavy atom. The van der Waals surface area contributed by atoms with Crippen LogP contribution in [0.15, 0.2) is 42.5 Å². The molecule has 0 bridgehead atoms. The highest BCUT2D eigenvalue weighted by atomic mass is 35.5. The van der Waals surface area contributed by atoms with Crippen LogP contribution in [-0.2, 0) is 26.2 Å². The highest BCUT2D eigenvalue weighted by Gasteiger charge is 2.31. The first-order valence-electron chi connectivity index (χ1n) is 10.7. The Labute approximate surface area is 210 Å². The highest BCUT2D eigenvalue weighted by molar-refractivity contribution is 7.92. The van der Waals surface area contributed by atoms with Gasteiger partial charge in [-0.05, 0) is 45.0 Å². The summed E-state index contributed by atoms with van der Waals surface area (Å²) in [6.45, 7) is 5.15. The van der Waals surface area contributed by atoms with Gasteiger partial charge in [-0.2, -0.15) is 0 Å². The molecule has 0 heterocycles. The molecule has 2 amide bonds. The average molecular weight is 530 g/mol. The maximum Gasteiger partial charge on any atom is 0.244 e. The Morgan fingerprint density at radius 2 is 1.68 bits per heavy atom. The zero-order valence-corrected chi connectivity index (χ0v) is 21.9. The molecular weight excluding hydrogens is 501 g/mol. The summed E-state index contributed by atoms with van der Waals surface area (Å²) >= 11 is 12.6. The van der Waals surface area contributed by atoms with Gasteiger partial charge in [0.15, 0.2) is 0 Å². The lowest BCUT2D eigenvalue weighted by molar-refractivity contribution is -0.139. The zero-order chi connectivity index (χ0) is 25.5. The van der Waals surface area contributed by atoms with Crippen LogP contribution in [0.2, 0.25) is 10.0 Å². The summed E-state index contributed by atoms with van der Waals surface area (Å²) in [5.74, 6) is -0.674. The number of carbonyl (C=O) groups is 2. The minimum Gasteiger partial charge on any atom is -0.492 e. The standard InChI is InChI=1S/C23H29Cl2N3O5S/c1-5-26-23(30)16(3)27(14-17-18(24)10-9-11-19(17)25)22(29)15-28(34(4,31)32)20-12-7-8-13-21(20)33-6-2/h7-13,16H,5-6,14-15H2,1-4H3,(H,26,30)/t16-/m1/s1. The molecule has 34 heavy (non-hydrogen) atoms. The molecular formula is C23H29Cl2N3O5S. The molecule has 186 valence electrons. The predicted molar refractivity (Wildman–Crippen MR) is 135 cm³/mol. The monoisotopic (exact) mass is 529 g/mol. The Hall–Kier alpha value is -2.49. The maximum absolute atomic E-state index is 13.5. The second-order valence-corrected chi connectivity index (χ2v) is 10.2. The van der Waals surface area contributed by atoms with Crippen molar-refractivity contribution >= 4 is 50.7 Å². The van der Waals surface area contributed by atoms with E-state index < -0.39 is 28.5 Å². The molecule has 2 rings (SSSR count). The van der Waals surface area contributed by atoms with E-state index in [0.717, 1.165) is 10.6 Å². The number of amides is 2. The van der Waals surface area contributed by atoms with E-state index in [2.05, 4.69) is 5.32 Å². The van der Waals surface area contributed by atoms with Crippen LogP contribution in [0.25, 0.3) is 0 Å². The van der Waals surface area contributed by atoms with E-state index in [4.69, 9.17) is 27.9 Å². The third-order valence-corrected chi connectivity index (χ3v) is 6.86. The largest absolute Gasteiger partial charge is 0.492 e. The molecule has 0 fully saturated rings. The fraction of sp³-hybridized carbons (Fsp3) is 0.391. The average Bonchev–Trinajstić information content (AvgIpc) is 2.77. The van der Waals surface area contributed by atoms with Crippen LogP contribution in [0.1, 0.15) is 26.3 Å². The molecule has 2 aromatic rings. The van der Waals surface area contributed by atoms with Crippen molar-refractivity contribution in [1.82, 2.24) is 10.2 Å². The van der Waals surface area contributed by atoms with E-state index in [1.807, 2.05) is 0 Å². The molecule has 11 heteroatoms. The summed E-state index contributed by atoms with van der Waals surface area (Å²) in [7, 11) is -3.88. The van der Waals surface area contributed by atoms with Crippen molar-refractivity contribution in [3.05, 3.63) is 58.1 Å². The Kier molecular flexibility index (Phi) is 10.0. The topological polar surface area (TPSA) is 96.0 Å². The molecule has 0 radical (unpaired) electrons. The Balaban J connectivity index is 2.49. The first-order chi connectivity index (χ1) is 16.0. The number of anilines is 1. The van der Waals surface area contributed by atoms with Crippen LogP contribution in [0.4, 0.5) is 5.69 Å². The van der Waals surface area contributed by atoms with Gasteiger partial charge in [0, 0.05) is 28.7 Å². The number of sulfonamides is 1. The lowest BCUT2D eigenvalue weighted by Gasteiger charge is -2.32. The lowest BCUT2D eigenvalue weighted by atomic mass is 10.1. The van der Waals surface area contributed by atoms with Crippen molar-refractivity contribution in [1.29, 1.82) is 0 Å². The van der Waals surface area contributed by atoms with Crippen molar-refractivity contribution in [2.45, 2.75) is 33.4 Å². The number of halogens is 2. The van der Waals surface area contributed by atoms with E-state index in [9.17, 15) is 18.0 Å². The first-order valence-corrected chi connectivity index (χ1v) is 13.3. The summed E-state index contributed by atoms with van der Waals surface area (Å²) in [5.41, 5.74) is 0.678. The van der Waals surface area contributed by atoms with E-state index in [0.29, 0.717) is 34.5 Å². The molecule has 0 saturated heterocycles. The van der Waals surface area contributed by atoms with Crippen molar-refractivity contribution in [3.8, 4) is 5.75 Å². The second-order valence-electron chi connectivity index (χ2n) is 7.46. The van der Waals surface area contributed by atoms with Crippen LogP contribution in [0.3, 0.4) is 0 Å². The molecule has 0 aromatic heterocycles. The van der Waals surface area contributed by atoms with Gasteiger partial charge in [0.2, 0.25) is 21.8 Å². The number of hydrogen-bond donors (Lipinski definition) is 1. The Morgan fingerprint density at radius 1 is 1.06 bits per heavy atom. The molecule has 0 spiro atoms. The number of rotatable bonds is 11. The van der Waals surface area contributed by atoms with Crippen molar-refractivity contribution < 1.29 is 22.7 Å². The quantitative estimate of drug-likeness (QED) is 0.478. The van der Waals surface area contributed by atoms with Gasteiger partial charge in [0.05, 0.1) is 18.6 Å². The molecule has 0 aliphatic rings. The molecule has 0 unspecified atom stereocenters. The third-order valence-electron chi connectivity index (χ3n) is 5.02. The number of likely N-dealkylation sites (N-methyl/N-ethyl adjacent to an activating group) is 1. The van der Waals surface area contributed by atoms with Crippen LogP contribution in [-0.4, -0.2) is 57.1 Å². The van der Waals surface area contributed by atoms with Crippen LogP contribution < -0.4 is 14.4 Å². The summed E-state index contributed by atoms with van der Waals surface area (Å²) in [5, 5.41) is 3.34. The number of ether oxygens (including phenoxy) is 1. The maximum atomic E-state index is 13.5. The van der Waals surface area contributed by atoms with Gasteiger partial charge in [-0.25, -0.2) is 8.42 Å². The van der Waals surface area contributed by atoms with Crippen molar-refractivity contribution in [3.63, 3.8) is 0 Å². The predicted octanol–water partition coefficient (Wildman–Crippen LogP) is 3.71. The fourth-order valence-corrected chi connectivity index (χ4v) is 4.66. The van der Waals surface area contributed by atoms with Gasteiger partial charge in [0.1, 0.15) is 18.3 Å². The molecule has 0 saturated carbocycles. The summed E-state index contributed by atoms with van der Waals surface area (Å²) in [6, 6.07) is 10.6. The summed E-state index contributed by atoms with van der Waals surface area (Å²) in [6.07, 6.45) is 1.01. The lowest BCUT2D eigenvalue weighted by Crippen LogP contribution is -2.51. The molecule has 8 nitrogen and oxygen atoms in total. The summed E-state index contributed by atoms with van der Waals surface area (Å²) < 4.78 is 31.9. The van der Waals surface area contributed by atoms with E-state index >= 15 is 0 Å². The van der Waals surface area contributed by atoms with Gasteiger partial charge in [-0.3, -0.25) is 13.9 Å². The number of para-hydroxylation sites is 2. The van der Waals surface area contributed by atoms with Gasteiger partial charge in [-0.15, -0.1) is 0 Å². The summed E-state index contributed by atoms with van der Waals surface area (Å²) in [4.78, 5) is 27.4. The molecule has 1 N–H and O–H groups in total. The second kappa shape index (κ2) is 12.3. The van der Waals surface area contributed by atoms with E-state index in [-0.39, 0.29) is 18.1 Å². The van der Waals surface area contributed by atoms with E-state index in [1.165, 1.54) is 4.90 Å². The third kappa shape index (κ3) is 7.01. The fourth-order valence-electron chi connectivity index (χ4n) is 3.29. The Bertz CT molecular complexity index is 1110. The molecule has 2 aromatic carbocycles. The van der Waals surface area contributed by atoms with Crippen LogP contribution in [0.5, 0.6) is 5.75 Å². The zero-order valence-electron chi connectivity index (χ0n) is 19.5. The van der Waals surface area contributed by atoms with Crippen LogP contribution in [0, 0.1) is 0 Å². The number of benzene rings is 2. The normalized spacial score (nSPS) is 12.1.